The van der Waals surface area contributed by atoms with Gasteiger partial charge in [0.2, 0.25) is 0 Å². The van der Waals surface area contributed by atoms with Crippen LogP contribution in [0.2, 0.25) is 0 Å². The summed E-state index contributed by atoms with van der Waals surface area (Å²) in [5.41, 5.74) is 7.88. The van der Waals surface area contributed by atoms with Gasteiger partial charge in [0, 0.05) is 25.3 Å². The standard InChI is InChI=1S/C13H23N3/c1-11(2)9-15-7-8-16-10-12-5-3-4-6-13(12)14/h3-6,11,15-16H,7-10,14H2,1-2H3. The Kier molecular flexibility index (Phi) is 5.90. The molecule has 1 aromatic carbocycles. The van der Waals surface area contributed by atoms with Crippen LogP contribution in [0.4, 0.5) is 5.69 Å². The summed E-state index contributed by atoms with van der Waals surface area (Å²) in [6, 6.07) is 7.98. The summed E-state index contributed by atoms with van der Waals surface area (Å²) < 4.78 is 0. The molecule has 16 heavy (non-hydrogen) atoms. The Labute approximate surface area is 98.4 Å². The molecule has 0 unspecified atom stereocenters. The minimum Gasteiger partial charge on any atom is -0.398 e. The molecule has 0 aliphatic rings. The van der Waals surface area contributed by atoms with Gasteiger partial charge in [0.05, 0.1) is 0 Å². The lowest BCUT2D eigenvalue weighted by Gasteiger charge is -2.09. The zero-order valence-corrected chi connectivity index (χ0v) is 10.3. The second-order valence-corrected chi connectivity index (χ2v) is 4.47. The highest BCUT2D eigenvalue weighted by atomic mass is 14.9. The zero-order chi connectivity index (χ0) is 11.8. The Morgan fingerprint density at radius 1 is 1.12 bits per heavy atom. The van der Waals surface area contributed by atoms with Gasteiger partial charge in [-0.1, -0.05) is 32.0 Å². The molecule has 1 rings (SSSR count). The lowest BCUT2D eigenvalue weighted by atomic mass is 10.2. The molecule has 0 radical (unpaired) electrons. The first-order valence-corrected chi connectivity index (χ1v) is 5.95. The number of anilines is 1. The van der Waals surface area contributed by atoms with E-state index in [4.69, 9.17) is 5.73 Å². The van der Waals surface area contributed by atoms with Crippen LogP contribution in [0.15, 0.2) is 24.3 Å². The largest absolute Gasteiger partial charge is 0.398 e. The lowest BCUT2D eigenvalue weighted by molar-refractivity contribution is 0.535. The summed E-state index contributed by atoms with van der Waals surface area (Å²) in [6.45, 7) is 8.33. The fourth-order valence-corrected chi connectivity index (χ4v) is 1.49. The van der Waals surface area contributed by atoms with E-state index < -0.39 is 0 Å². The lowest BCUT2D eigenvalue weighted by Crippen LogP contribution is -2.29. The third-order valence-corrected chi connectivity index (χ3v) is 2.40. The third-order valence-electron chi connectivity index (χ3n) is 2.40. The van der Waals surface area contributed by atoms with Gasteiger partial charge in [0.15, 0.2) is 0 Å². The van der Waals surface area contributed by atoms with E-state index in [-0.39, 0.29) is 0 Å². The molecular formula is C13H23N3. The first kappa shape index (κ1) is 13.0. The van der Waals surface area contributed by atoms with Crippen molar-refractivity contribution in [1.29, 1.82) is 0 Å². The maximum Gasteiger partial charge on any atom is 0.0359 e. The fraction of sp³-hybridized carbons (Fsp3) is 0.538. The summed E-state index contributed by atoms with van der Waals surface area (Å²) >= 11 is 0. The SMILES string of the molecule is CC(C)CNCCNCc1ccccc1N. The number of para-hydroxylation sites is 1. The van der Waals surface area contributed by atoms with Crippen molar-refractivity contribution in [3.05, 3.63) is 29.8 Å². The monoisotopic (exact) mass is 221 g/mol. The average molecular weight is 221 g/mol. The van der Waals surface area contributed by atoms with E-state index in [2.05, 4.69) is 30.5 Å². The normalized spacial score (nSPS) is 10.9. The van der Waals surface area contributed by atoms with Crippen molar-refractivity contribution in [3.8, 4) is 0 Å². The van der Waals surface area contributed by atoms with Crippen molar-refractivity contribution < 1.29 is 0 Å². The van der Waals surface area contributed by atoms with Gasteiger partial charge in [-0.05, 0) is 24.1 Å². The van der Waals surface area contributed by atoms with Crippen LogP contribution in [0.1, 0.15) is 19.4 Å². The minimum absolute atomic E-state index is 0.713. The van der Waals surface area contributed by atoms with Crippen molar-refractivity contribution in [1.82, 2.24) is 10.6 Å². The van der Waals surface area contributed by atoms with Crippen LogP contribution >= 0.6 is 0 Å². The van der Waals surface area contributed by atoms with Crippen LogP contribution in [-0.2, 0) is 6.54 Å². The molecule has 4 N–H and O–H groups in total. The summed E-state index contributed by atoms with van der Waals surface area (Å²) in [5.74, 6) is 0.713. The predicted molar refractivity (Wildman–Crippen MR) is 70.3 cm³/mol. The Balaban J connectivity index is 2.10. The van der Waals surface area contributed by atoms with Crippen LogP contribution in [0.3, 0.4) is 0 Å². The molecule has 90 valence electrons. The Morgan fingerprint density at radius 3 is 2.50 bits per heavy atom. The first-order chi connectivity index (χ1) is 7.70. The number of hydrogen-bond donors (Lipinski definition) is 3. The van der Waals surface area contributed by atoms with Crippen molar-refractivity contribution in [2.24, 2.45) is 5.92 Å². The molecule has 0 aliphatic carbocycles. The van der Waals surface area contributed by atoms with Crippen LogP contribution in [0.25, 0.3) is 0 Å². The van der Waals surface area contributed by atoms with Crippen molar-refractivity contribution in [3.63, 3.8) is 0 Å². The molecule has 3 heteroatoms. The van der Waals surface area contributed by atoms with Crippen molar-refractivity contribution in [2.75, 3.05) is 25.4 Å². The number of nitrogen functional groups attached to an aromatic ring is 1. The molecule has 0 spiro atoms. The molecule has 0 saturated heterocycles. The second kappa shape index (κ2) is 7.25. The van der Waals surface area contributed by atoms with Crippen molar-refractivity contribution in [2.45, 2.75) is 20.4 Å². The van der Waals surface area contributed by atoms with Crippen LogP contribution in [0.5, 0.6) is 0 Å². The molecule has 0 atom stereocenters. The van der Waals surface area contributed by atoms with Gasteiger partial charge in [-0.25, -0.2) is 0 Å². The topological polar surface area (TPSA) is 50.1 Å². The smallest absolute Gasteiger partial charge is 0.0359 e. The van der Waals surface area contributed by atoms with E-state index in [9.17, 15) is 0 Å². The summed E-state index contributed by atoms with van der Waals surface area (Å²) in [5, 5.41) is 6.77. The van der Waals surface area contributed by atoms with Crippen molar-refractivity contribution >= 4 is 5.69 Å². The van der Waals surface area contributed by atoms with E-state index in [1.807, 2.05) is 18.2 Å². The van der Waals surface area contributed by atoms with Gasteiger partial charge in [-0.2, -0.15) is 0 Å². The quantitative estimate of drug-likeness (QED) is 0.484. The fourth-order valence-electron chi connectivity index (χ4n) is 1.49. The summed E-state index contributed by atoms with van der Waals surface area (Å²) in [6.07, 6.45) is 0. The highest BCUT2D eigenvalue weighted by Crippen LogP contribution is 2.09. The average Bonchev–Trinajstić information content (AvgIpc) is 2.25. The molecule has 0 bridgehead atoms. The van der Waals surface area contributed by atoms with E-state index >= 15 is 0 Å². The molecule has 0 aromatic heterocycles. The highest BCUT2D eigenvalue weighted by molar-refractivity contribution is 5.46. The molecule has 0 fully saturated rings. The van der Waals surface area contributed by atoms with E-state index in [0.29, 0.717) is 5.92 Å². The van der Waals surface area contributed by atoms with E-state index in [1.54, 1.807) is 0 Å². The number of benzene rings is 1. The Hall–Kier alpha value is -1.06. The second-order valence-electron chi connectivity index (χ2n) is 4.47. The van der Waals surface area contributed by atoms with Gasteiger partial charge < -0.3 is 16.4 Å². The highest BCUT2D eigenvalue weighted by Gasteiger charge is 1.96. The van der Waals surface area contributed by atoms with Gasteiger partial charge in [-0.15, -0.1) is 0 Å². The van der Waals surface area contributed by atoms with Gasteiger partial charge in [0.1, 0.15) is 0 Å². The molecule has 0 heterocycles. The molecule has 0 saturated carbocycles. The molecular weight excluding hydrogens is 198 g/mol. The van der Waals surface area contributed by atoms with E-state index in [1.165, 1.54) is 5.56 Å². The zero-order valence-electron chi connectivity index (χ0n) is 10.3. The number of nitrogens with one attached hydrogen (secondary N) is 2. The molecule has 0 amide bonds. The minimum atomic E-state index is 0.713. The van der Waals surface area contributed by atoms with Gasteiger partial charge in [-0.3, -0.25) is 0 Å². The first-order valence-electron chi connectivity index (χ1n) is 5.95. The van der Waals surface area contributed by atoms with Crippen LogP contribution in [0, 0.1) is 5.92 Å². The Bertz CT molecular complexity index is 297. The molecule has 1 aromatic rings. The van der Waals surface area contributed by atoms with E-state index in [0.717, 1.165) is 31.9 Å². The number of rotatable bonds is 7. The number of nitrogens with two attached hydrogens (primary N) is 1. The van der Waals surface area contributed by atoms with Gasteiger partial charge in [0.25, 0.3) is 0 Å². The maximum absolute atomic E-state index is 5.85. The molecule has 3 nitrogen and oxygen atoms in total. The third kappa shape index (κ3) is 5.14. The summed E-state index contributed by atoms with van der Waals surface area (Å²) in [4.78, 5) is 0. The molecule has 0 aliphatic heterocycles. The predicted octanol–water partition coefficient (Wildman–Crippen LogP) is 1.60. The maximum atomic E-state index is 5.85. The number of hydrogen-bond acceptors (Lipinski definition) is 3. The summed E-state index contributed by atoms with van der Waals surface area (Å²) in [7, 11) is 0. The van der Waals surface area contributed by atoms with Crippen LogP contribution < -0.4 is 16.4 Å². The van der Waals surface area contributed by atoms with Crippen LogP contribution in [-0.4, -0.2) is 19.6 Å². The van der Waals surface area contributed by atoms with Gasteiger partial charge >= 0.3 is 0 Å². The Morgan fingerprint density at radius 2 is 1.81 bits per heavy atom.